The Morgan fingerprint density at radius 3 is 2.48 bits per heavy atom. The molecule has 0 bridgehead atoms. The molecule has 2 saturated heterocycles. The number of ether oxygens (including phenoxy) is 1. The number of rotatable bonds is 7. The van der Waals surface area contributed by atoms with Gasteiger partial charge in [0.1, 0.15) is 0 Å². The predicted octanol–water partition coefficient (Wildman–Crippen LogP) is 1.49. The van der Waals surface area contributed by atoms with Crippen molar-refractivity contribution in [2.75, 3.05) is 45.9 Å². The van der Waals surface area contributed by atoms with E-state index in [1.54, 1.807) is 0 Å². The molecule has 0 radical (unpaired) electrons. The Hall–Kier alpha value is -0.650. The van der Waals surface area contributed by atoms with Crippen LogP contribution >= 0.6 is 0 Å². The smallest absolute Gasteiger partial charge is 0.220 e. The van der Waals surface area contributed by atoms with Gasteiger partial charge in [0, 0.05) is 32.1 Å². The molecule has 134 valence electrons. The molecular weight excluding hydrogens is 290 g/mol. The van der Waals surface area contributed by atoms with Crippen LogP contribution in [0.5, 0.6) is 0 Å². The Morgan fingerprint density at radius 2 is 1.87 bits per heavy atom. The van der Waals surface area contributed by atoms with Gasteiger partial charge in [0.05, 0.1) is 13.2 Å². The molecule has 2 atom stereocenters. The lowest BCUT2D eigenvalue weighted by Crippen LogP contribution is -2.51. The fourth-order valence-electron chi connectivity index (χ4n) is 3.86. The average Bonchev–Trinajstić information content (AvgIpc) is 2.56. The molecule has 2 unspecified atom stereocenters. The number of amides is 1. The van der Waals surface area contributed by atoms with Crippen LogP contribution in [0.1, 0.15) is 40.0 Å². The molecule has 5 heteroatoms. The third-order valence-corrected chi connectivity index (χ3v) is 5.49. The van der Waals surface area contributed by atoms with Crippen molar-refractivity contribution in [3.05, 3.63) is 0 Å². The molecule has 5 nitrogen and oxygen atoms in total. The van der Waals surface area contributed by atoms with E-state index in [1.807, 2.05) is 0 Å². The molecule has 0 aromatic heterocycles. The molecule has 2 N–H and O–H groups in total. The molecule has 2 aliphatic rings. The van der Waals surface area contributed by atoms with Crippen LogP contribution in [0.4, 0.5) is 0 Å². The fraction of sp³-hybridized carbons (Fsp3) is 0.944. The van der Waals surface area contributed by atoms with Crippen LogP contribution in [-0.4, -0.2) is 62.8 Å². The summed E-state index contributed by atoms with van der Waals surface area (Å²) < 4.78 is 5.44. The highest BCUT2D eigenvalue weighted by molar-refractivity contribution is 5.76. The van der Waals surface area contributed by atoms with E-state index in [-0.39, 0.29) is 5.91 Å². The van der Waals surface area contributed by atoms with Crippen molar-refractivity contribution in [3.63, 3.8) is 0 Å². The Morgan fingerprint density at radius 1 is 1.22 bits per heavy atom. The maximum Gasteiger partial charge on any atom is 0.220 e. The number of nitrogens with zero attached hydrogens (tertiary/aromatic N) is 1. The predicted molar refractivity (Wildman–Crippen MR) is 93.4 cm³/mol. The second kappa shape index (κ2) is 9.60. The number of morpholine rings is 1. The summed E-state index contributed by atoms with van der Waals surface area (Å²) in [5.74, 6) is 1.94. The summed E-state index contributed by atoms with van der Waals surface area (Å²) in [6.45, 7) is 13.2. The highest BCUT2D eigenvalue weighted by Gasteiger charge is 2.25. The molecule has 2 heterocycles. The lowest BCUT2D eigenvalue weighted by atomic mass is 9.84. The van der Waals surface area contributed by atoms with E-state index >= 15 is 0 Å². The third kappa shape index (κ3) is 6.05. The van der Waals surface area contributed by atoms with Crippen LogP contribution in [-0.2, 0) is 9.53 Å². The molecule has 0 saturated carbocycles. The van der Waals surface area contributed by atoms with Crippen LogP contribution < -0.4 is 10.6 Å². The maximum absolute atomic E-state index is 12.3. The minimum Gasteiger partial charge on any atom is -0.379 e. The van der Waals surface area contributed by atoms with Gasteiger partial charge < -0.3 is 15.4 Å². The summed E-state index contributed by atoms with van der Waals surface area (Å²) in [6.07, 6.45) is 3.08. The van der Waals surface area contributed by atoms with Crippen molar-refractivity contribution < 1.29 is 9.53 Å². The van der Waals surface area contributed by atoms with E-state index in [1.165, 1.54) is 12.8 Å². The number of piperidine rings is 1. The normalized spacial score (nSPS) is 23.7. The van der Waals surface area contributed by atoms with E-state index in [0.717, 1.165) is 45.9 Å². The molecule has 1 amide bonds. The molecule has 0 spiro atoms. The second-order valence-electron chi connectivity index (χ2n) is 7.53. The first-order valence-electron chi connectivity index (χ1n) is 9.37. The molecule has 2 rings (SSSR count). The van der Waals surface area contributed by atoms with Crippen molar-refractivity contribution in [1.29, 1.82) is 0 Å². The van der Waals surface area contributed by atoms with Gasteiger partial charge in [0.25, 0.3) is 0 Å². The summed E-state index contributed by atoms with van der Waals surface area (Å²) in [5.41, 5.74) is 0. The monoisotopic (exact) mass is 325 g/mol. The summed E-state index contributed by atoms with van der Waals surface area (Å²) in [4.78, 5) is 14.8. The molecule has 23 heavy (non-hydrogen) atoms. The van der Waals surface area contributed by atoms with Crippen LogP contribution in [0, 0.1) is 17.8 Å². The summed E-state index contributed by atoms with van der Waals surface area (Å²) in [7, 11) is 0. The zero-order chi connectivity index (χ0) is 16.7. The third-order valence-electron chi connectivity index (χ3n) is 5.49. The van der Waals surface area contributed by atoms with Gasteiger partial charge in [-0.3, -0.25) is 9.69 Å². The van der Waals surface area contributed by atoms with E-state index in [4.69, 9.17) is 4.74 Å². The van der Waals surface area contributed by atoms with Crippen LogP contribution in [0.3, 0.4) is 0 Å². The zero-order valence-corrected chi connectivity index (χ0v) is 15.1. The molecular formula is C18H35N3O2. The summed E-state index contributed by atoms with van der Waals surface area (Å²) in [6, 6.07) is 0.414. The Kier molecular flexibility index (Phi) is 7.80. The van der Waals surface area contributed by atoms with Crippen molar-refractivity contribution >= 4 is 5.91 Å². The molecule has 0 aromatic rings. The summed E-state index contributed by atoms with van der Waals surface area (Å²) in [5, 5.41) is 6.59. The van der Waals surface area contributed by atoms with Gasteiger partial charge in [-0.15, -0.1) is 0 Å². The molecule has 2 fully saturated rings. The van der Waals surface area contributed by atoms with E-state index in [2.05, 4.69) is 36.3 Å². The van der Waals surface area contributed by atoms with Gasteiger partial charge in [0.15, 0.2) is 0 Å². The minimum atomic E-state index is 0.218. The van der Waals surface area contributed by atoms with Gasteiger partial charge in [-0.05, 0) is 43.7 Å². The largest absolute Gasteiger partial charge is 0.379 e. The van der Waals surface area contributed by atoms with Crippen LogP contribution in [0.15, 0.2) is 0 Å². The lowest BCUT2D eigenvalue weighted by molar-refractivity contribution is -0.122. The maximum atomic E-state index is 12.3. The van der Waals surface area contributed by atoms with E-state index in [9.17, 15) is 4.79 Å². The Bertz CT molecular complexity index is 350. The number of hydrogen-bond donors (Lipinski definition) is 2. The average molecular weight is 325 g/mol. The van der Waals surface area contributed by atoms with Gasteiger partial charge in [0.2, 0.25) is 5.91 Å². The lowest BCUT2D eigenvalue weighted by Gasteiger charge is -2.37. The number of carbonyl (C=O) groups excluding carboxylic acids is 1. The second-order valence-corrected chi connectivity index (χ2v) is 7.53. The van der Waals surface area contributed by atoms with Crippen molar-refractivity contribution in [3.8, 4) is 0 Å². The van der Waals surface area contributed by atoms with Gasteiger partial charge >= 0.3 is 0 Å². The fourth-order valence-corrected chi connectivity index (χ4v) is 3.86. The molecule has 2 aliphatic heterocycles. The van der Waals surface area contributed by atoms with Gasteiger partial charge in [-0.2, -0.15) is 0 Å². The Balaban J connectivity index is 1.74. The first kappa shape index (κ1) is 18.7. The standard InChI is InChI=1S/C18H35N3O2/c1-14(2)17(21-8-10-23-11-9-21)13-20-18(22)12-15(3)16-4-6-19-7-5-16/h14-17,19H,4-13H2,1-3H3,(H,20,22). The van der Waals surface area contributed by atoms with E-state index < -0.39 is 0 Å². The number of hydrogen-bond acceptors (Lipinski definition) is 4. The SMILES string of the molecule is CC(C)C(CNC(=O)CC(C)C1CCNCC1)N1CCOCC1. The minimum absolute atomic E-state index is 0.218. The molecule has 0 aliphatic carbocycles. The van der Waals surface area contributed by atoms with Gasteiger partial charge in [-0.1, -0.05) is 20.8 Å². The van der Waals surface area contributed by atoms with Crippen LogP contribution in [0.2, 0.25) is 0 Å². The van der Waals surface area contributed by atoms with Gasteiger partial charge in [-0.25, -0.2) is 0 Å². The topological polar surface area (TPSA) is 53.6 Å². The molecule has 0 aromatic carbocycles. The van der Waals surface area contributed by atoms with Crippen LogP contribution in [0.25, 0.3) is 0 Å². The quantitative estimate of drug-likeness (QED) is 0.744. The number of nitrogens with one attached hydrogen (secondary N) is 2. The van der Waals surface area contributed by atoms with Crippen molar-refractivity contribution in [2.45, 2.75) is 46.1 Å². The van der Waals surface area contributed by atoms with E-state index in [0.29, 0.717) is 30.2 Å². The first-order chi connectivity index (χ1) is 11.1. The zero-order valence-electron chi connectivity index (χ0n) is 15.1. The van der Waals surface area contributed by atoms with Crippen molar-refractivity contribution in [2.24, 2.45) is 17.8 Å². The highest BCUT2D eigenvalue weighted by atomic mass is 16.5. The highest BCUT2D eigenvalue weighted by Crippen LogP contribution is 2.24. The Labute approximate surface area is 141 Å². The number of carbonyl (C=O) groups is 1. The van der Waals surface area contributed by atoms with Crippen molar-refractivity contribution in [1.82, 2.24) is 15.5 Å². The summed E-state index contributed by atoms with van der Waals surface area (Å²) >= 11 is 0. The first-order valence-corrected chi connectivity index (χ1v) is 9.37.